The van der Waals surface area contributed by atoms with Crippen LogP contribution in [0.1, 0.15) is 53.7 Å². The van der Waals surface area contributed by atoms with Crippen molar-refractivity contribution in [3.05, 3.63) is 64.7 Å². The molecule has 0 fully saturated rings. The number of benzene rings is 2. The van der Waals surface area contributed by atoms with Gasteiger partial charge in [-0.25, -0.2) is 13.1 Å². The molecule has 0 heterocycles. The van der Waals surface area contributed by atoms with Gasteiger partial charge in [0.05, 0.1) is 4.90 Å². The monoisotopic (exact) mass is 388 g/mol. The Morgan fingerprint density at radius 2 is 1.74 bits per heavy atom. The summed E-state index contributed by atoms with van der Waals surface area (Å²) in [7, 11) is -3.59. The van der Waals surface area contributed by atoms with Crippen molar-refractivity contribution >= 4 is 15.9 Å². The number of carbonyl (C=O) groups excluding carboxylic acids is 1. The van der Waals surface area contributed by atoms with Crippen LogP contribution in [0, 0.1) is 6.92 Å². The van der Waals surface area contributed by atoms with E-state index in [0.717, 1.165) is 17.5 Å². The van der Waals surface area contributed by atoms with Gasteiger partial charge in [0.1, 0.15) is 0 Å². The van der Waals surface area contributed by atoms with Gasteiger partial charge in [0, 0.05) is 18.7 Å². The zero-order valence-corrected chi connectivity index (χ0v) is 17.2. The van der Waals surface area contributed by atoms with Crippen molar-refractivity contribution in [1.82, 2.24) is 10.0 Å². The molecule has 0 spiro atoms. The summed E-state index contributed by atoms with van der Waals surface area (Å²) >= 11 is 0. The molecule has 0 aromatic heterocycles. The number of hydrogen-bond acceptors (Lipinski definition) is 3. The first-order valence-electron chi connectivity index (χ1n) is 9.22. The molecule has 0 aliphatic carbocycles. The van der Waals surface area contributed by atoms with Gasteiger partial charge >= 0.3 is 0 Å². The molecule has 0 saturated heterocycles. The fourth-order valence-electron chi connectivity index (χ4n) is 2.77. The van der Waals surface area contributed by atoms with Crippen LogP contribution in [0.15, 0.2) is 47.4 Å². The minimum absolute atomic E-state index is 0.101. The van der Waals surface area contributed by atoms with E-state index in [-0.39, 0.29) is 10.8 Å². The summed E-state index contributed by atoms with van der Waals surface area (Å²) in [5.74, 6) is 0.229. The molecule has 6 heteroatoms. The molecular weight excluding hydrogens is 360 g/mol. The van der Waals surface area contributed by atoms with E-state index in [1.54, 1.807) is 19.9 Å². The minimum Gasteiger partial charge on any atom is -0.352 e. The van der Waals surface area contributed by atoms with E-state index < -0.39 is 10.0 Å². The van der Waals surface area contributed by atoms with Crippen molar-refractivity contribution in [3.8, 4) is 0 Å². The molecule has 2 aromatic carbocycles. The molecule has 0 saturated carbocycles. The van der Waals surface area contributed by atoms with Crippen molar-refractivity contribution in [2.45, 2.75) is 44.9 Å². The van der Waals surface area contributed by atoms with Gasteiger partial charge in [0.15, 0.2) is 0 Å². The number of rotatable bonds is 8. The van der Waals surface area contributed by atoms with Crippen LogP contribution in [-0.2, 0) is 16.4 Å². The summed E-state index contributed by atoms with van der Waals surface area (Å²) in [6, 6.07) is 13.0. The zero-order valence-electron chi connectivity index (χ0n) is 16.4. The van der Waals surface area contributed by atoms with Crippen LogP contribution in [0.5, 0.6) is 0 Å². The summed E-state index contributed by atoms with van der Waals surface area (Å²) < 4.78 is 26.7. The lowest BCUT2D eigenvalue weighted by Gasteiger charge is -2.11. The second kappa shape index (κ2) is 9.15. The van der Waals surface area contributed by atoms with Gasteiger partial charge in [-0.1, -0.05) is 51.1 Å². The standard InChI is InChI=1S/C21H28N2O3S/c1-5-23-27(25,26)19-11-6-16(4)20(14-19)21(24)22-13-12-17-7-9-18(10-8-17)15(2)3/h6-11,14-15,23H,5,12-13H2,1-4H3,(H,22,24). The van der Waals surface area contributed by atoms with Gasteiger partial charge in [0.2, 0.25) is 10.0 Å². The second-order valence-electron chi connectivity index (χ2n) is 6.88. The van der Waals surface area contributed by atoms with Crippen LogP contribution >= 0.6 is 0 Å². The maximum Gasteiger partial charge on any atom is 0.251 e. The Kier molecular flexibility index (Phi) is 7.16. The Balaban J connectivity index is 2.03. The van der Waals surface area contributed by atoms with E-state index >= 15 is 0 Å². The first-order valence-corrected chi connectivity index (χ1v) is 10.7. The molecule has 5 nitrogen and oxygen atoms in total. The molecule has 27 heavy (non-hydrogen) atoms. The minimum atomic E-state index is -3.59. The average Bonchev–Trinajstić information content (AvgIpc) is 2.62. The highest BCUT2D eigenvalue weighted by Gasteiger charge is 2.17. The molecule has 2 rings (SSSR count). The van der Waals surface area contributed by atoms with Gasteiger partial charge in [-0.3, -0.25) is 4.79 Å². The fourth-order valence-corrected chi connectivity index (χ4v) is 3.84. The molecule has 0 atom stereocenters. The van der Waals surface area contributed by atoms with Crippen molar-refractivity contribution in [2.75, 3.05) is 13.1 Å². The predicted octanol–water partition coefficient (Wildman–Crippen LogP) is 3.39. The highest BCUT2D eigenvalue weighted by atomic mass is 32.2. The Labute approximate surface area is 162 Å². The maximum atomic E-state index is 12.5. The summed E-state index contributed by atoms with van der Waals surface area (Å²) in [5.41, 5.74) is 3.56. The van der Waals surface area contributed by atoms with Crippen LogP contribution in [0.2, 0.25) is 0 Å². The number of aryl methyl sites for hydroxylation is 1. The van der Waals surface area contributed by atoms with Gasteiger partial charge in [0.25, 0.3) is 5.91 Å². The molecule has 0 bridgehead atoms. The van der Waals surface area contributed by atoms with Crippen molar-refractivity contribution < 1.29 is 13.2 Å². The molecular formula is C21H28N2O3S. The third-order valence-electron chi connectivity index (χ3n) is 4.44. The topological polar surface area (TPSA) is 75.3 Å². The Hall–Kier alpha value is -2.18. The van der Waals surface area contributed by atoms with Crippen LogP contribution in [-0.4, -0.2) is 27.4 Å². The van der Waals surface area contributed by atoms with E-state index in [2.05, 4.69) is 48.2 Å². The fraction of sp³-hybridized carbons (Fsp3) is 0.381. The molecule has 146 valence electrons. The molecule has 0 aliphatic rings. The first-order chi connectivity index (χ1) is 12.7. The lowest BCUT2D eigenvalue weighted by Crippen LogP contribution is -2.27. The number of nitrogens with one attached hydrogen (secondary N) is 2. The quantitative estimate of drug-likeness (QED) is 0.728. The predicted molar refractivity (Wildman–Crippen MR) is 109 cm³/mol. The Bertz CT molecular complexity index is 888. The number of sulfonamides is 1. The van der Waals surface area contributed by atoms with Crippen molar-refractivity contribution in [2.24, 2.45) is 0 Å². The third-order valence-corrected chi connectivity index (χ3v) is 5.99. The van der Waals surface area contributed by atoms with E-state index in [1.807, 2.05) is 0 Å². The first kappa shape index (κ1) is 21.1. The van der Waals surface area contributed by atoms with Gasteiger partial charge < -0.3 is 5.32 Å². The average molecular weight is 389 g/mol. The van der Waals surface area contributed by atoms with E-state index in [4.69, 9.17) is 0 Å². The van der Waals surface area contributed by atoms with Crippen molar-refractivity contribution in [3.63, 3.8) is 0 Å². The summed E-state index contributed by atoms with van der Waals surface area (Å²) in [6.45, 7) is 8.61. The zero-order chi connectivity index (χ0) is 20.0. The van der Waals surface area contributed by atoms with Gasteiger partial charge in [-0.15, -0.1) is 0 Å². The number of amides is 1. The van der Waals surface area contributed by atoms with Crippen LogP contribution in [0.3, 0.4) is 0 Å². The SMILES string of the molecule is CCNS(=O)(=O)c1ccc(C)c(C(=O)NCCc2ccc(C(C)C)cc2)c1. The largest absolute Gasteiger partial charge is 0.352 e. The highest BCUT2D eigenvalue weighted by Crippen LogP contribution is 2.16. The van der Waals surface area contributed by atoms with Crippen LogP contribution in [0.25, 0.3) is 0 Å². The maximum absolute atomic E-state index is 12.5. The Morgan fingerprint density at radius 3 is 2.33 bits per heavy atom. The van der Waals surface area contributed by atoms with E-state index in [9.17, 15) is 13.2 Å². The second-order valence-corrected chi connectivity index (χ2v) is 8.65. The van der Waals surface area contributed by atoms with Crippen LogP contribution < -0.4 is 10.0 Å². The number of carbonyl (C=O) groups is 1. The van der Waals surface area contributed by atoms with E-state index in [0.29, 0.717) is 24.6 Å². The van der Waals surface area contributed by atoms with Gasteiger partial charge in [-0.2, -0.15) is 0 Å². The van der Waals surface area contributed by atoms with Crippen LogP contribution in [0.4, 0.5) is 0 Å². The highest BCUT2D eigenvalue weighted by molar-refractivity contribution is 7.89. The van der Waals surface area contributed by atoms with E-state index in [1.165, 1.54) is 17.7 Å². The molecule has 0 aliphatic heterocycles. The lowest BCUT2D eigenvalue weighted by atomic mass is 10.0. The molecule has 2 N–H and O–H groups in total. The van der Waals surface area contributed by atoms with Crippen molar-refractivity contribution in [1.29, 1.82) is 0 Å². The number of hydrogen-bond donors (Lipinski definition) is 2. The Morgan fingerprint density at radius 1 is 1.07 bits per heavy atom. The smallest absolute Gasteiger partial charge is 0.251 e. The summed E-state index contributed by atoms with van der Waals surface area (Å²) in [5, 5.41) is 2.88. The lowest BCUT2D eigenvalue weighted by molar-refractivity contribution is 0.0953. The molecule has 2 aromatic rings. The van der Waals surface area contributed by atoms with Gasteiger partial charge in [-0.05, 0) is 48.1 Å². The third kappa shape index (κ3) is 5.65. The summed E-state index contributed by atoms with van der Waals surface area (Å²) in [4.78, 5) is 12.6. The molecule has 0 unspecified atom stereocenters. The summed E-state index contributed by atoms with van der Waals surface area (Å²) in [6.07, 6.45) is 0.721. The molecule has 0 radical (unpaired) electrons. The normalized spacial score (nSPS) is 11.6. The molecule has 1 amide bonds.